The first-order valence-corrected chi connectivity index (χ1v) is 5.53. The molecule has 88 valence electrons. The third-order valence-corrected chi connectivity index (χ3v) is 3.26. The summed E-state index contributed by atoms with van der Waals surface area (Å²) in [5.74, 6) is -1.07. The van der Waals surface area contributed by atoms with Crippen molar-refractivity contribution in [2.45, 2.75) is 25.3 Å². The Labute approximate surface area is 100 Å². The number of nitriles is 1. The molecule has 0 radical (unpaired) electrons. The zero-order valence-corrected chi connectivity index (χ0v) is 9.84. The maximum atomic E-state index is 11.4. The molecule has 1 unspecified atom stereocenters. The molecule has 1 N–H and O–H groups in total. The van der Waals surface area contributed by atoms with Gasteiger partial charge in [0.2, 0.25) is 0 Å². The van der Waals surface area contributed by atoms with Gasteiger partial charge in [-0.15, -0.1) is 0 Å². The number of hydrogen-bond donors (Lipinski definition) is 1. The van der Waals surface area contributed by atoms with Crippen LogP contribution in [0.1, 0.15) is 19.4 Å². The van der Waals surface area contributed by atoms with Gasteiger partial charge in [-0.1, -0.05) is 18.2 Å². The second kappa shape index (κ2) is 3.77. The van der Waals surface area contributed by atoms with E-state index in [1.807, 2.05) is 36.9 Å². The lowest BCUT2D eigenvalue weighted by molar-refractivity contribution is -0.141. The van der Waals surface area contributed by atoms with Crippen molar-refractivity contribution in [3.63, 3.8) is 0 Å². The minimum absolute atomic E-state index is 0.172. The van der Waals surface area contributed by atoms with Gasteiger partial charge in [0.05, 0.1) is 12.6 Å². The van der Waals surface area contributed by atoms with Gasteiger partial charge in [0, 0.05) is 17.3 Å². The zero-order chi connectivity index (χ0) is 12.6. The van der Waals surface area contributed by atoms with Crippen LogP contribution in [0.25, 0.3) is 0 Å². The van der Waals surface area contributed by atoms with Crippen molar-refractivity contribution in [1.29, 1.82) is 5.26 Å². The quantitative estimate of drug-likeness (QED) is 0.840. The van der Waals surface area contributed by atoms with Crippen molar-refractivity contribution < 1.29 is 9.90 Å². The number of fused-ring (bicyclic) bond motifs is 1. The van der Waals surface area contributed by atoms with Crippen molar-refractivity contribution in [3.8, 4) is 6.07 Å². The number of para-hydroxylation sites is 1. The van der Waals surface area contributed by atoms with Crippen LogP contribution in [-0.4, -0.2) is 23.7 Å². The average molecular weight is 230 g/mol. The highest BCUT2D eigenvalue weighted by Crippen LogP contribution is 2.41. The molecule has 0 spiro atoms. The molecule has 0 amide bonds. The van der Waals surface area contributed by atoms with E-state index in [0.717, 1.165) is 5.69 Å². The average Bonchev–Trinajstić information content (AvgIpc) is 2.65. The second-order valence-electron chi connectivity index (χ2n) is 4.56. The van der Waals surface area contributed by atoms with E-state index in [4.69, 9.17) is 0 Å². The number of carboxylic acid groups (broad SMARTS) is 1. The van der Waals surface area contributed by atoms with Gasteiger partial charge in [-0.3, -0.25) is 4.79 Å². The molecule has 4 nitrogen and oxygen atoms in total. The van der Waals surface area contributed by atoms with E-state index in [1.165, 1.54) is 0 Å². The lowest BCUT2D eigenvalue weighted by atomic mass is 9.84. The van der Waals surface area contributed by atoms with Crippen LogP contribution in [0.15, 0.2) is 24.3 Å². The number of carbonyl (C=O) groups is 1. The number of aliphatic carboxylic acids is 1. The predicted molar refractivity (Wildman–Crippen MR) is 63.9 cm³/mol. The maximum Gasteiger partial charge on any atom is 0.330 e. The molecular formula is C13H14N2O2. The Morgan fingerprint density at radius 2 is 2.18 bits per heavy atom. The first-order chi connectivity index (χ1) is 8.03. The lowest BCUT2D eigenvalue weighted by Crippen LogP contribution is -2.41. The second-order valence-corrected chi connectivity index (χ2v) is 4.56. The molecule has 1 atom stereocenters. The SMILES string of the molecule is CC(C)N1CC(C#N)(C(=O)O)c2ccccc21. The molecule has 0 saturated heterocycles. The Hall–Kier alpha value is -2.02. The molecule has 1 aliphatic rings. The van der Waals surface area contributed by atoms with Crippen molar-refractivity contribution in [3.05, 3.63) is 29.8 Å². The fourth-order valence-corrected chi connectivity index (χ4v) is 2.30. The molecule has 1 aromatic rings. The monoisotopic (exact) mass is 230 g/mol. The summed E-state index contributed by atoms with van der Waals surface area (Å²) in [5.41, 5.74) is 0.0241. The Bertz CT molecular complexity index is 504. The molecule has 1 aliphatic heterocycles. The Morgan fingerprint density at radius 1 is 1.53 bits per heavy atom. The van der Waals surface area contributed by atoms with Crippen LogP contribution in [0, 0.1) is 11.3 Å². The summed E-state index contributed by atoms with van der Waals surface area (Å²) < 4.78 is 0. The van der Waals surface area contributed by atoms with Crippen LogP contribution < -0.4 is 4.90 Å². The van der Waals surface area contributed by atoms with Gasteiger partial charge in [-0.05, 0) is 19.9 Å². The standard InChI is InChI=1S/C13H14N2O2/c1-9(2)15-8-13(7-14,12(16)17)10-5-3-4-6-11(10)15/h3-6,9H,8H2,1-2H3,(H,16,17). The van der Waals surface area contributed by atoms with Gasteiger partial charge >= 0.3 is 5.97 Å². The molecule has 0 fully saturated rings. The maximum absolute atomic E-state index is 11.4. The largest absolute Gasteiger partial charge is 0.480 e. The number of rotatable bonds is 2. The lowest BCUT2D eigenvalue weighted by Gasteiger charge is -2.25. The third-order valence-electron chi connectivity index (χ3n) is 3.26. The molecule has 4 heteroatoms. The topological polar surface area (TPSA) is 64.3 Å². The van der Waals surface area contributed by atoms with Crippen LogP contribution >= 0.6 is 0 Å². The van der Waals surface area contributed by atoms with Crippen LogP contribution in [0.2, 0.25) is 0 Å². The third kappa shape index (κ3) is 1.47. The van der Waals surface area contributed by atoms with Gasteiger partial charge < -0.3 is 10.0 Å². The van der Waals surface area contributed by atoms with Crippen molar-refractivity contribution in [2.75, 3.05) is 11.4 Å². The Balaban J connectivity index is 2.63. The van der Waals surface area contributed by atoms with Crippen LogP contribution in [-0.2, 0) is 10.2 Å². The van der Waals surface area contributed by atoms with E-state index in [0.29, 0.717) is 5.56 Å². The molecule has 0 aromatic heterocycles. The molecule has 17 heavy (non-hydrogen) atoms. The van der Waals surface area contributed by atoms with E-state index in [1.54, 1.807) is 12.1 Å². The molecule has 0 saturated carbocycles. The highest BCUT2D eigenvalue weighted by molar-refractivity contribution is 5.91. The molecule has 0 bridgehead atoms. The van der Waals surface area contributed by atoms with Crippen LogP contribution in [0.5, 0.6) is 0 Å². The fraction of sp³-hybridized carbons (Fsp3) is 0.385. The predicted octanol–water partition coefficient (Wildman–Crippen LogP) is 1.76. The van der Waals surface area contributed by atoms with Crippen molar-refractivity contribution in [2.24, 2.45) is 0 Å². The van der Waals surface area contributed by atoms with E-state index >= 15 is 0 Å². The highest BCUT2D eigenvalue weighted by atomic mass is 16.4. The van der Waals surface area contributed by atoms with E-state index in [2.05, 4.69) is 0 Å². The number of nitrogens with zero attached hydrogens (tertiary/aromatic N) is 2. The van der Waals surface area contributed by atoms with E-state index in [9.17, 15) is 15.2 Å². The summed E-state index contributed by atoms with van der Waals surface area (Å²) >= 11 is 0. The van der Waals surface area contributed by atoms with Gasteiger partial charge in [0.25, 0.3) is 0 Å². The Morgan fingerprint density at radius 3 is 2.71 bits per heavy atom. The molecule has 1 heterocycles. The zero-order valence-electron chi connectivity index (χ0n) is 9.84. The summed E-state index contributed by atoms with van der Waals surface area (Å²) in [4.78, 5) is 13.4. The molecule has 1 aromatic carbocycles. The Kier molecular flexibility index (Phi) is 2.55. The molecule has 2 rings (SSSR count). The van der Waals surface area contributed by atoms with Gasteiger partial charge in [0.1, 0.15) is 0 Å². The summed E-state index contributed by atoms with van der Waals surface area (Å²) in [5, 5.41) is 18.6. The van der Waals surface area contributed by atoms with Crippen molar-refractivity contribution >= 4 is 11.7 Å². The highest BCUT2D eigenvalue weighted by Gasteiger charge is 2.50. The van der Waals surface area contributed by atoms with Crippen LogP contribution in [0.4, 0.5) is 5.69 Å². The minimum Gasteiger partial charge on any atom is -0.480 e. The number of anilines is 1. The van der Waals surface area contributed by atoms with E-state index in [-0.39, 0.29) is 12.6 Å². The van der Waals surface area contributed by atoms with Gasteiger partial charge in [-0.25, -0.2) is 0 Å². The minimum atomic E-state index is -1.43. The summed E-state index contributed by atoms with van der Waals surface area (Å²) in [6.45, 7) is 4.20. The number of benzene rings is 1. The van der Waals surface area contributed by atoms with E-state index < -0.39 is 11.4 Å². The normalized spacial score (nSPS) is 22.4. The first-order valence-electron chi connectivity index (χ1n) is 5.53. The first kappa shape index (κ1) is 11.5. The summed E-state index contributed by atoms with van der Waals surface area (Å²) in [7, 11) is 0. The molecule has 0 aliphatic carbocycles. The summed E-state index contributed by atoms with van der Waals surface area (Å²) in [6.07, 6.45) is 0. The van der Waals surface area contributed by atoms with Gasteiger partial charge in [-0.2, -0.15) is 5.26 Å². The smallest absolute Gasteiger partial charge is 0.330 e. The molecular weight excluding hydrogens is 216 g/mol. The summed E-state index contributed by atoms with van der Waals surface area (Å²) in [6, 6.07) is 9.39. The number of hydrogen-bond acceptors (Lipinski definition) is 3. The number of carboxylic acids is 1. The van der Waals surface area contributed by atoms with Crippen molar-refractivity contribution in [1.82, 2.24) is 0 Å². The fourth-order valence-electron chi connectivity index (χ4n) is 2.30. The van der Waals surface area contributed by atoms with Crippen LogP contribution in [0.3, 0.4) is 0 Å². The van der Waals surface area contributed by atoms with Gasteiger partial charge in [0.15, 0.2) is 5.41 Å².